The number of rotatable bonds is 6. The summed E-state index contributed by atoms with van der Waals surface area (Å²) in [6, 6.07) is 7.91. The predicted molar refractivity (Wildman–Crippen MR) is 133 cm³/mol. The standard InChI is InChI=1S/C24H25FN6OS/c1-3-6-16(22(25)26-4-2)20-13-19-21(33-20)24(31-9-11-32-12-10-31)29-23(28-19)15-7-5-8-18-17(15)14-27-30-18/h5-8,13-14H,3-4,9-12H2,1-2H3,(H,27,30)/b16-6-,26-22?. The van der Waals surface area contributed by atoms with E-state index in [-0.39, 0.29) is 0 Å². The number of hydrogen-bond donors (Lipinski definition) is 1. The molecule has 3 aromatic heterocycles. The molecule has 0 atom stereocenters. The molecule has 1 N–H and O–H groups in total. The third kappa shape index (κ3) is 4.14. The largest absolute Gasteiger partial charge is 0.378 e. The number of nitrogens with zero attached hydrogens (tertiary/aromatic N) is 5. The molecule has 0 spiro atoms. The highest BCUT2D eigenvalue weighted by Crippen LogP contribution is 2.38. The van der Waals surface area contributed by atoms with Crippen LogP contribution in [0.5, 0.6) is 0 Å². The number of halogens is 1. The number of thiophene rings is 1. The van der Waals surface area contributed by atoms with Crippen molar-refractivity contribution in [2.24, 2.45) is 4.99 Å². The summed E-state index contributed by atoms with van der Waals surface area (Å²) in [6.07, 6.45) is 4.39. The van der Waals surface area contributed by atoms with E-state index in [4.69, 9.17) is 14.7 Å². The summed E-state index contributed by atoms with van der Waals surface area (Å²) in [4.78, 5) is 17.0. The van der Waals surface area contributed by atoms with E-state index in [1.54, 1.807) is 6.20 Å². The number of aliphatic imine (C=N–C) groups is 1. The number of morpholine rings is 1. The third-order valence-electron chi connectivity index (χ3n) is 5.58. The molecule has 1 saturated heterocycles. The van der Waals surface area contributed by atoms with Crippen LogP contribution in [0.15, 0.2) is 41.5 Å². The zero-order chi connectivity index (χ0) is 22.8. The molecular formula is C24H25FN6OS. The van der Waals surface area contributed by atoms with Gasteiger partial charge in [0, 0.05) is 41.0 Å². The fraction of sp³-hybridized carbons (Fsp3) is 0.333. The maximum Gasteiger partial charge on any atom is 0.216 e. The summed E-state index contributed by atoms with van der Waals surface area (Å²) >= 11 is 1.51. The van der Waals surface area contributed by atoms with Gasteiger partial charge in [0.05, 0.1) is 35.1 Å². The quantitative estimate of drug-likeness (QED) is 0.394. The van der Waals surface area contributed by atoms with Crippen LogP contribution in [-0.2, 0) is 4.74 Å². The van der Waals surface area contributed by atoms with Crippen molar-refractivity contribution in [2.75, 3.05) is 37.7 Å². The summed E-state index contributed by atoms with van der Waals surface area (Å²) < 4.78 is 21.3. The van der Waals surface area contributed by atoms with Crippen LogP contribution in [0.3, 0.4) is 0 Å². The van der Waals surface area contributed by atoms with Crippen LogP contribution < -0.4 is 4.90 Å². The molecule has 1 aliphatic heterocycles. The molecule has 1 aliphatic rings. The minimum absolute atomic E-state index is 0.398. The van der Waals surface area contributed by atoms with Crippen LogP contribution in [0.1, 0.15) is 25.1 Å². The first-order valence-electron chi connectivity index (χ1n) is 11.2. The maximum atomic E-state index is 14.8. The van der Waals surface area contributed by atoms with E-state index in [1.165, 1.54) is 11.3 Å². The Balaban J connectivity index is 1.71. The molecule has 9 heteroatoms. The zero-order valence-electron chi connectivity index (χ0n) is 18.6. The van der Waals surface area contributed by atoms with E-state index in [9.17, 15) is 4.39 Å². The Morgan fingerprint density at radius 1 is 1.27 bits per heavy atom. The second-order valence-electron chi connectivity index (χ2n) is 7.72. The van der Waals surface area contributed by atoms with Crippen molar-refractivity contribution in [1.29, 1.82) is 0 Å². The highest BCUT2D eigenvalue weighted by atomic mass is 32.1. The number of anilines is 1. The lowest BCUT2D eigenvalue weighted by atomic mass is 10.1. The molecule has 0 saturated carbocycles. The van der Waals surface area contributed by atoms with Gasteiger partial charge in [-0.3, -0.25) is 10.1 Å². The van der Waals surface area contributed by atoms with Crippen molar-refractivity contribution in [3.8, 4) is 11.4 Å². The zero-order valence-corrected chi connectivity index (χ0v) is 19.5. The molecule has 7 nitrogen and oxygen atoms in total. The van der Waals surface area contributed by atoms with E-state index < -0.39 is 5.97 Å². The second-order valence-corrected chi connectivity index (χ2v) is 8.78. The third-order valence-corrected chi connectivity index (χ3v) is 6.74. The fourth-order valence-electron chi connectivity index (χ4n) is 4.04. The van der Waals surface area contributed by atoms with Gasteiger partial charge in [-0.05, 0) is 25.5 Å². The van der Waals surface area contributed by atoms with Gasteiger partial charge in [-0.25, -0.2) is 9.97 Å². The van der Waals surface area contributed by atoms with Crippen LogP contribution in [0, 0.1) is 0 Å². The van der Waals surface area contributed by atoms with Gasteiger partial charge < -0.3 is 9.64 Å². The number of aromatic nitrogens is 4. The monoisotopic (exact) mass is 464 g/mol. The second kappa shape index (κ2) is 9.36. The number of nitrogens with one attached hydrogen (secondary N) is 1. The van der Waals surface area contributed by atoms with Crippen molar-refractivity contribution in [1.82, 2.24) is 20.2 Å². The molecule has 170 valence electrons. The Bertz CT molecular complexity index is 1350. The van der Waals surface area contributed by atoms with Gasteiger partial charge in [0.2, 0.25) is 5.97 Å². The van der Waals surface area contributed by atoms with Gasteiger partial charge in [0.25, 0.3) is 0 Å². The number of H-pyrrole nitrogens is 1. The van der Waals surface area contributed by atoms with Crippen LogP contribution >= 0.6 is 11.3 Å². The van der Waals surface area contributed by atoms with Gasteiger partial charge in [0.1, 0.15) is 0 Å². The maximum absolute atomic E-state index is 14.8. The van der Waals surface area contributed by atoms with E-state index in [1.807, 2.05) is 44.2 Å². The number of allylic oxidation sites excluding steroid dienone is 2. The van der Waals surface area contributed by atoms with Crippen molar-refractivity contribution in [3.63, 3.8) is 0 Å². The fourth-order valence-corrected chi connectivity index (χ4v) is 5.18. The normalized spacial score (nSPS) is 15.7. The lowest BCUT2D eigenvalue weighted by Gasteiger charge is -2.28. The van der Waals surface area contributed by atoms with Gasteiger partial charge in [0.15, 0.2) is 11.6 Å². The minimum atomic E-state index is -0.435. The average molecular weight is 465 g/mol. The Hall–Kier alpha value is -3.17. The number of fused-ring (bicyclic) bond motifs is 2. The Morgan fingerprint density at radius 2 is 2.12 bits per heavy atom. The van der Waals surface area contributed by atoms with Crippen molar-refractivity contribution < 1.29 is 9.13 Å². The van der Waals surface area contributed by atoms with Crippen LogP contribution in [0.4, 0.5) is 10.2 Å². The lowest BCUT2D eigenvalue weighted by Crippen LogP contribution is -2.36. The van der Waals surface area contributed by atoms with E-state index in [0.717, 1.165) is 50.5 Å². The first kappa shape index (κ1) is 21.7. The molecule has 0 aliphatic carbocycles. The van der Waals surface area contributed by atoms with Crippen molar-refractivity contribution >= 4 is 49.8 Å². The first-order valence-corrected chi connectivity index (χ1v) is 12.0. The summed E-state index contributed by atoms with van der Waals surface area (Å²) in [5, 5.41) is 8.15. The molecule has 4 aromatic rings. The number of hydrogen-bond acceptors (Lipinski definition) is 7. The van der Waals surface area contributed by atoms with Crippen LogP contribution in [-0.4, -0.2) is 59.0 Å². The molecular weight excluding hydrogens is 439 g/mol. The van der Waals surface area contributed by atoms with E-state index >= 15 is 0 Å². The predicted octanol–water partition coefficient (Wildman–Crippen LogP) is 5.25. The summed E-state index contributed by atoms with van der Waals surface area (Å²) in [5.41, 5.74) is 3.16. The van der Waals surface area contributed by atoms with Crippen molar-refractivity contribution in [2.45, 2.75) is 20.3 Å². The van der Waals surface area contributed by atoms with Crippen molar-refractivity contribution in [3.05, 3.63) is 41.4 Å². The highest BCUT2D eigenvalue weighted by molar-refractivity contribution is 7.20. The van der Waals surface area contributed by atoms with Gasteiger partial charge >= 0.3 is 0 Å². The van der Waals surface area contributed by atoms with Gasteiger partial charge in [-0.2, -0.15) is 9.49 Å². The number of benzene rings is 1. The Morgan fingerprint density at radius 3 is 2.91 bits per heavy atom. The highest BCUT2D eigenvalue weighted by Gasteiger charge is 2.22. The van der Waals surface area contributed by atoms with E-state index in [0.29, 0.717) is 37.6 Å². The van der Waals surface area contributed by atoms with Gasteiger partial charge in [-0.15, -0.1) is 11.3 Å². The lowest BCUT2D eigenvalue weighted by molar-refractivity contribution is 0.122. The smallest absolute Gasteiger partial charge is 0.216 e. The summed E-state index contributed by atoms with van der Waals surface area (Å²) in [5.74, 6) is 1.05. The minimum Gasteiger partial charge on any atom is -0.378 e. The summed E-state index contributed by atoms with van der Waals surface area (Å²) in [7, 11) is 0. The van der Waals surface area contributed by atoms with Crippen LogP contribution in [0.2, 0.25) is 0 Å². The topological polar surface area (TPSA) is 79.3 Å². The molecule has 0 radical (unpaired) electrons. The van der Waals surface area contributed by atoms with E-state index in [2.05, 4.69) is 20.1 Å². The first-order chi connectivity index (χ1) is 16.2. The van der Waals surface area contributed by atoms with Crippen LogP contribution in [0.25, 0.3) is 38.1 Å². The molecule has 1 aromatic carbocycles. The number of aromatic amines is 1. The summed E-state index contributed by atoms with van der Waals surface area (Å²) in [6.45, 7) is 7.02. The molecule has 33 heavy (non-hydrogen) atoms. The molecule has 5 rings (SSSR count). The SMILES string of the molecule is CC/C=C(\C(F)=NCC)c1cc2nc(-c3cccc4[nH]ncc34)nc(N3CCOCC3)c2s1. The molecule has 0 bridgehead atoms. The molecule has 0 amide bonds. The molecule has 1 fully saturated rings. The molecule has 0 unspecified atom stereocenters. The Kier molecular flexibility index (Phi) is 6.15. The molecule has 4 heterocycles. The number of ether oxygens (including phenoxy) is 1. The Labute approximate surface area is 195 Å². The van der Waals surface area contributed by atoms with Gasteiger partial charge in [-0.1, -0.05) is 25.1 Å². The average Bonchev–Trinajstić information content (AvgIpc) is 3.49.